The van der Waals surface area contributed by atoms with E-state index in [-0.39, 0.29) is 17.6 Å². The van der Waals surface area contributed by atoms with Crippen LogP contribution in [0, 0.1) is 0 Å². The SMILES string of the molecule is Cn1c(Cc2cccc3ccccc23)nnc1SCC(=O)Nc1ccc2nc(SCC(=O)NC3CCCCC3)sc2c1. The van der Waals surface area contributed by atoms with Crippen molar-refractivity contribution < 1.29 is 9.59 Å². The lowest BCUT2D eigenvalue weighted by Gasteiger charge is -2.22. The number of anilines is 1. The van der Waals surface area contributed by atoms with E-state index in [0.717, 1.165) is 38.9 Å². The first kappa shape index (κ1) is 28.7. The molecule has 1 saturated carbocycles. The van der Waals surface area contributed by atoms with Gasteiger partial charge in [0.2, 0.25) is 11.8 Å². The average molecular weight is 617 g/mol. The van der Waals surface area contributed by atoms with Crippen LogP contribution in [0.15, 0.2) is 70.2 Å². The molecule has 6 rings (SSSR count). The van der Waals surface area contributed by atoms with Gasteiger partial charge in [0.25, 0.3) is 0 Å². The van der Waals surface area contributed by atoms with E-state index in [1.807, 2.05) is 41.9 Å². The normalized spacial score (nSPS) is 13.9. The molecule has 0 aliphatic heterocycles. The van der Waals surface area contributed by atoms with E-state index in [1.165, 1.54) is 70.5 Å². The molecule has 42 heavy (non-hydrogen) atoms. The number of aromatic nitrogens is 4. The van der Waals surface area contributed by atoms with E-state index in [1.54, 1.807) is 0 Å². The number of nitrogens with zero attached hydrogens (tertiary/aromatic N) is 4. The number of fused-ring (bicyclic) bond motifs is 2. The second kappa shape index (κ2) is 13.3. The van der Waals surface area contributed by atoms with E-state index in [2.05, 4.69) is 56.1 Å². The Balaban J connectivity index is 1.01. The van der Waals surface area contributed by atoms with E-state index < -0.39 is 0 Å². The van der Waals surface area contributed by atoms with E-state index in [0.29, 0.717) is 23.4 Å². The summed E-state index contributed by atoms with van der Waals surface area (Å²) in [5.74, 6) is 1.39. The number of thioether (sulfide) groups is 2. The number of carbonyl (C=O) groups is 2. The molecule has 0 unspecified atom stereocenters. The van der Waals surface area contributed by atoms with Crippen LogP contribution in [0.25, 0.3) is 21.0 Å². The van der Waals surface area contributed by atoms with E-state index in [4.69, 9.17) is 0 Å². The quantitative estimate of drug-likeness (QED) is 0.174. The number of amides is 2. The summed E-state index contributed by atoms with van der Waals surface area (Å²) in [7, 11) is 1.94. The van der Waals surface area contributed by atoms with Crippen LogP contribution in [0.5, 0.6) is 0 Å². The minimum atomic E-state index is -0.114. The molecule has 2 heterocycles. The summed E-state index contributed by atoms with van der Waals surface area (Å²) < 4.78 is 3.78. The zero-order valence-corrected chi connectivity index (χ0v) is 25.8. The Labute approximate surface area is 257 Å². The first-order valence-corrected chi connectivity index (χ1v) is 16.9. The number of hydrogen-bond acceptors (Lipinski definition) is 8. The largest absolute Gasteiger partial charge is 0.353 e. The summed E-state index contributed by atoms with van der Waals surface area (Å²) in [6.07, 6.45) is 6.48. The van der Waals surface area contributed by atoms with Gasteiger partial charge < -0.3 is 15.2 Å². The topological polar surface area (TPSA) is 102 Å². The van der Waals surface area contributed by atoms with Crippen LogP contribution >= 0.6 is 34.9 Å². The van der Waals surface area contributed by atoms with E-state index >= 15 is 0 Å². The molecule has 11 heteroatoms. The summed E-state index contributed by atoms with van der Waals surface area (Å²) in [5, 5.41) is 18.0. The Kier molecular flexibility index (Phi) is 9.07. The molecule has 0 saturated heterocycles. The van der Waals surface area contributed by atoms with Crippen molar-refractivity contribution in [2.45, 2.75) is 54.1 Å². The molecule has 1 aliphatic carbocycles. The van der Waals surface area contributed by atoms with Crippen LogP contribution in [-0.4, -0.2) is 49.1 Å². The maximum absolute atomic E-state index is 12.8. The molecular formula is C31H32N6O2S3. The summed E-state index contributed by atoms with van der Waals surface area (Å²) in [4.78, 5) is 29.8. The van der Waals surface area contributed by atoms with Crippen LogP contribution in [0.4, 0.5) is 5.69 Å². The minimum Gasteiger partial charge on any atom is -0.353 e. The monoisotopic (exact) mass is 616 g/mol. The highest BCUT2D eigenvalue weighted by atomic mass is 32.2. The van der Waals surface area contributed by atoms with Crippen molar-refractivity contribution in [2.24, 2.45) is 7.05 Å². The van der Waals surface area contributed by atoms with Crippen LogP contribution in [0.1, 0.15) is 43.5 Å². The molecule has 0 radical (unpaired) electrons. The van der Waals surface area contributed by atoms with Crippen molar-refractivity contribution in [3.8, 4) is 0 Å². The Morgan fingerprint density at radius 2 is 1.76 bits per heavy atom. The molecule has 216 valence electrons. The molecule has 3 aromatic carbocycles. The molecule has 5 aromatic rings. The molecular weight excluding hydrogens is 585 g/mol. The Bertz CT molecular complexity index is 1720. The van der Waals surface area contributed by atoms with Gasteiger partial charge in [-0.1, -0.05) is 85.3 Å². The van der Waals surface area contributed by atoms with Crippen molar-refractivity contribution in [3.63, 3.8) is 0 Å². The number of benzene rings is 3. The van der Waals surface area contributed by atoms with Crippen LogP contribution in [-0.2, 0) is 23.1 Å². The number of carbonyl (C=O) groups excluding carboxylic acids is 2. The van der Waals surface area contributed by atoms with Crippen molar-refractivity contribution in [1.29, 1.82) is 0 Å². The minimum absolute atomic E-state index is 0.0696. The second-order valence-corrected chi connectivity index (χ2v) is 13.7. The van der Waals surface area contributed by atoms with E-state index in [9.17, 15) is 9.59 Å². The van der Waals surface area contributed by atoms with Gasteiger partial charge in [0, 0.05) is 25.2 Å². The molecule has 2 aromatic heterocycles. The molecule has 0 bridgehead atoms. The molecule has 0 atom stereocenters. The lowest BCUT2D eigenvalue weighted by atomic mass is 9.95. The molecule has 2 N–H and O–H groups in total. The Morgan fingerprint density at radius 1 is 0.952 bits per heavy atom. The standard InChI is InChI=1S/C31H32N6O2S3/c1-37-27(16-21-10-7-9-20-8-5-6-13-24(20)21)35-36-30(37)40-18-28(38)33-23-14-15-25-26(17-23)42-31(34-25)41-19-29(39)32-22-11-3-2-4-12-22/h5-10,13-15,17,22H,2-4,11-12,16,18-19H2,1H3,(H,32,39)(H,33,38). The van der Waals surface area contributed by atoms with Gasteiger partial charge in [0.1, 0.15) is 5.82 Å². The van der Waals surface area contributed by atoms with Gasteiger partial charge in [0.15, 0.2) is 9.50 Å². The maximum Gasteiger partial charge on any atom is 0.234 e. The highest BCUT2D eigenvalue weighted by Crippen LogP contribution is 2.31. The van der Waals surface area contributed by atoms with Crippen LogP contribution in [0.3, 0.4) is 0 Å². The van der Waals surface area contributed by atoms with Crippen LogP contribution < -0.4 is 10.6 Å². The van der Waals surface area contributed by atoms with Gasteiger partial charge in [-0.3, -0.25) is 9.59 Å². The highest BCUT2D eigenvalue weighted by Gasteiger charge is 2.17. The van der Waals surface area contributed by atoms with Crippen molar-refractivity contribution >= 4 is 73.4 Å². The smallest absolute Gasteiger partial charge is 0.234 e. The number of thiazole rings is 1. The third kappa shape index (κ3) is 6.96. The van der Waals surface area contributed by atoms with Crippen molar-refractivity contribution in [1.82, 2.24) is 25.1 Å². The van der Waals surface area contributed by atoms with Gasteiger partial charge >= 0.3 is 0 Å². The maximum atomic E-state index is 12.8. The predicted molar refractivity (Wildman–Crippen MR) is 172 cm³/mol. The van der Waals surface area contributed by atoms with Crippen LogP contribution in [0.2, 0.25) is 0 Å². The fourth-order valence-electron chi connectivity index (χ4n) is 5.26. The summed E-state index contributed by atoms with van der Waals surface area (Å²) in [5.41, 5.74) is 2.78. The first-order valence-electron chi connectivity index (χ1n) is 14.1. The second-order valence-electron chi connectivity index (χ2n) is 10.5. The third-order valence-electron chi connectivity index (χ3n) is 7.44. The molecule has 1 fully saturated rings. The van der Waals surface area contributed by atoms with Crippen molar-refractivity contribution in [2.75, 3.05) is 16.8 Å². The lowest BCUT2D eigenvalue weighted by molar-refractivity contribution is -0.119. The predicted octanol–water partition coefficient (Wildman–Crippen LogP) is 6.44. The van der Waals surface area contributed by atoms with Gasteiger partial charge in [-0.2, -0.15) is 0 Å². The number of rotatable bonds is 10. The molecule has 0 spiro atoms. The van der Waals surface area contributed by atoms with Gasteiger partial charge in [0.05, 0.1) is 21.7 Å². The lowest BCUT2D eigenvalue weighted by Crippen LogP contribution is -2.37. The molecule has 2 amide bonds. The fourth-order valence-corrected chi connectivity index (χ4v) is 7.90. The summed E-state index contributed by atoms with van der Waals surface area (Å²) >= 11 is 4.36. The van der Waals surface area contributed by atoms with Crippen molar-refractivity contribution in [3.05, 3.63) is 72.1 Å². The zero-order chi connectivity index (χ0) is 28.9. The molecule has 8 nitrogen and oxygen atoms in total. The third-order valence-corrected chi connectivity index (χ3v) is 10.6. The fraction of sp³-hybridized carbons (Fsp3) is 0.323. The summed E-state index contributed by atoms with van der Waals surface area (Å²) in [6, 6.07) is 20.6. The number of hydrogen-bond donors (Lipinski definition) is 2. The van der Waals surface area contributed by atoms with Gasteiger partial charge in [-0.15, -0.1) is 21.5 Å². The Hall–Kier alpha value is -3.41. The van der Waals surface area contributed by atoms with Gasteiger partial charge in [-0.25, -0.2) is 4.98 Å². The van der Waals surface area contributed by atoms with Gasteiger partial charge in [-0.05, 0) is 47.4 Å². The first-order chi connectivity index (χ1) is 20.5. The Morgan fingerprint density at radius 3 is 2.64 bits per heavy atom. The zero-order valence-electron chi connectivity index (χ0n) is 23.3. The average Bonchev–Trinajstić information content (AvgIpc) is 3.58. The number of nitrogens with one attached hydrogen (secondary N) is 2. The molecule has 1 aliphatic rings. The summed E-state index contributed by atoms with van der Waals surface area (Å²) in [6.45, 7) is 0. The highest BCUT2D eigenvalue weighted by molar-refractivity contribution is 8.01.